The van der Waals surface area contributed by atoms with Crippen molar-refractivity contribution in [2.45, 2.75) is 25.9 Å². The van der Waals surface area contributed by atoms with Gasteiger partial charge < -0.3 is 0 Å². The van der Waals surface area contributed by atoms with Crippen LogP contribution < -0.4 is 0 Å². The lowest BCUT2D eigenvalue weighted by Crippen LogP contribution is -2.18. The first-order valence-corrected chi connectivity index (χ1v) is 6.95. The van der Waals surface area contributed by atoms with Gasteiger partial charge in [-0.1, -0.05) is 18.2 Å². The molecule has 3 rings (SSSR count). The van der Waals surface area contributed by atoms with E-state index >= 15 is 0 Å². The molecule has 1 aliphatic rings. The molecule has 1 heterocycles. The maximum absolute atomic E-state index is 13.1. The van der Waals surface area contributed by atoms with Gasteiger partial charge >= 0.3 is 0 Å². The van der Waals surface area contributed by atoms with Crippen LogP contribution in [0.3, 0.4) is 0 Å². The molecule has 2 aromatic rings. The van der Waals surface area contributed by atoms with Crippen LogP contribution in [0, 0.1) is 11.6 Å². The average Bonchev–Trinajstić information content (AvgIpc) is 2.83. The van der Waals surface area contributed by atoms with Gasteiger partial charge in [-0.05, 0) is 60.3 Å². The summed E-state index contributed by atoms with van der Waals surface area (Å²) in [4.78, 5) is 2.33. The number of benzene rings is 2. The normalized spacial score (nSPS) is 14.5. The Hall–Kier alpha value is -1.74. The molecule has 3 heteroatoms. The van der Waals surface area contributed by atoms with E-state index in [2.05, 4.69) is 4.90 Å². The highest BCUT2D eigenvalue weighted by atomic mass is 19.1. The van der Waals surface area contributed by atoms with Crippen LogP contribution in [-0.4, -0.2) is 11.4 Å². The molecule has 0 amide bonds. The highest BCUT2D eigenvalue weighted by Crippen LogP contribution is 2.23. The third-order valence-corrected chi connectivity index (χ3v) is 3.81. The van der Waals surface area contributed by atoms with E-state index in [1.807, 2.05) is 18.2 Å². The lowest BCUT2D eigenvalue weighted by Gasteiger charge is -2.14. The van der Waals surface area contributed by atoms with E-state index < -0.39 is 0 Å². The van der Waals surface area contributed by atoms with E-state index in [4.69, 9.17) is 0 Å². The molecule has 0 aromatic heterocycles. The van der Waals surface area contributed by atoms with Gasteiger partial charge in [0.1, 0.15) is 11.6 Å². The number of fused-ring (bicyclic) bond motifs is 1. The zero-order chi connectivity index (χ0) is 13.9. The van der Waals surface area contributed by atoms with Crippen molar-refractivity contribution in [3.63, 3.8) is 0 Å². The third kappa shape index (κ3) is 3.05. The third-order valence-electron chi connectivity index (χ3n) is 3.81. The van der Waals surface area contributed by atoms with Crippen molar-refractivity contribution < 1.29 is 8.78 Å². The molecule has 0 spiro atoms. The van der Waals surface area contributed by atoms with Gasteiger partial charge in [0.25, 0.3) is 0 Å². The minimum Gasteiger partial charge on any atom is -0.295 e. The first-order valence-electron chi connectivity index (χ1n) is 6.95. The van der Waals surface area contributed by atoms with Gasteiger partial charge in [0.05, 0.1) is 0 Å². The van der Waals surface area contributed by atoms with Crippen molar-refractivity contribution >= 4 is 0 Å². The first kappa shape index (κ1) is 13.3. The van der Waals surface area contributed by atoms with Gasteiger partial charge in [-0.15, -0.1) is 0 Å². The van der Waals surface area contributed by atoms with Crippen LogP contribution >= 0.6 is 0 Å². The van der Waals surface area contributed by atoms with Crippen molar-refractivity contribution in [2.75, 3.05) is 6.54 Å². The van der Waals surface area contributed by atoms with Crippen LogP contribution in [0.5, 0.6) is 0 Å². The second-order valence-electron chi connectivity index (χ2n) is 5.35. The number of aryl methyl sites for hydroxylation is 1. The van der Waals surface area contributed by atoms with Crippen LogP contribution in [0.1, 0.15) is 23.1 Å². The van der Waals surface area contributed by atoms with Crippen LogP contribution in [0.25, 0.3) is 0 Å². The Morgan fingerprint density at radius 3 is 2.35 bits per heavy atom. The Bertz CT molecular complexity index is 592. The van der Waals surface area contributed by atoms with Gasteiger partial charge in [0.2, 0.25) is 0 Å². The molecule has 1 nitrogen and oxygen atoms in total. The second-order valence-corrected chi connectivity index (χ2v) is 5.35. The molecular weight excluding hydrogens is 256 g/mol. The molecule has 104 valence electrons. The molecule has 0 saturated carbocycles. The first-order chi connectivity index (χ1) is 9.70. The van der Waals surface area contributed by atoms with Crippen molar-refractivity contribution in [3.05, 3.63) is 70.8 Å². The molecule has 0 fully saturated rings. The highest BCUT2D eigenvalue weighted by Gasteiger charge is 2.18. The molecule has 2 aromatic carbocycles. The molecule has 0 radical (unpaired) electrons. The van der Waals surface area contributed by atoms with E-state index in [0.717, 1.165) is 43.6 Å². The summed E-state index contributed by atoms with van der Waals surface area (Å²) in [6, 6.07) is 11.7. The summed E-state index contributed by atoms with van der Waals surface area (Å²) < 4.78 is 25.9. The number of hydrogen-bond donors (Lipinski definition) is 0. The van der Waals surface area contributed by atoms with Gasteiger partial charge in [-0.2, -0.15) is 0 Å². The van der Waals surface area contributed by atoms with Gasteiger partial charge in [-0.25, -0.2) is 8.78 Å². The van der Waals surface area contributed by atoms with E-state index in [1.165, 1.54) is 23.8 Å². The Labute approximate surface area is 117 Å². The van der Waals surface area contributed by atoms with Crippen LogP contribution in [0.15, 0.2) is 42.5 Å². The number of rotatable bonds is 4. The Morgan fingerprint density at radius 2 is 1.55 bits per heavy atom. The quantitative estimate of drug-likeness (QED) is 0.816. The lowest BCUT2D eigenvalue weighted by atomic mass is 10.1. The summed E-state index contributed by atoms with van der Waals surface area (Å²) in [5.74, 6) is -0.345. The molecule has 20 heavy (non-hydrogen) atoms. The standard InChI is InChI=1S/C17H17F2N/c18-16-6-3-13(4-7-16)2-1-9-20-11-14-5-8-17(19)10-15(14)12-20/h3-8,10H,1-2,9,11-12H2. The number of halogens is 2. The summed E-state index contributed by atoms with van der Waals surface area (Å²) >= 11 is 0. The van der Waals surface area contributed by atoms with Crippen molar-refractivity contribution in [1.82, 2.24) is 4.90 Å². The fourth-order valence-corrected chi connectivity index (χ4v) is 2.75. The predicted octanol–water partition coefficient (Wildman–Crippen LogP) is 3.91. The van der Waals surface area contributed by atoms with E-state index in [1.54, 1.807) is 6.07 Å². The zero-order valence-electron chi connectivity index (χ0n) is 11.3. The fourth-order valence-electron chi connectivity index (χ4n) is 2.75. The zero-order valence-corrected chi connectivity index (χ0v) is 11.3. The van der Waals surface area contributed by atoms with E-state index in [0.29, 0.717) is 0 Å². The number of hydrogen-bond acceptors (Lipinski definition) is 1. The molecular formula is C17H17F2N. The largest absolute Gasteiger partial charge is 0.295 e. The van der Waals surface area contributed by atoms with Crippen LogP contribution in [0.4, 0.5) is 8.78 Å². The summed E-state index contributed by atoms with van der Waals surface area (Å²) in [6.45, 7) is 2.71. The summed E-state index contributed by atoms with van der Waals surface area (Å²) in [5.41, 5.74) is 3.49. The second kappa shape index (κ2) is 5.71. The monoisotopic (exact) mass is 273 g/mol. The smallest absolute Gasteiger partial charge is 0.123 e. The van der Waals surface area contributed by atoms with Gasteiger partial charge in [0, 0.05) is 13.1 Å². The van der Waals surface area contributed by atoms with Gasteiger partial charge in [-0.3, -0.25) is 4.90 Å². The molecule has 1 aliphatic heterocycles. The molecule has 0 aliphatic carbocycles. The van der Waals surface area contributed by atoms with Crippen molar-refractivity contribution in [1.29, 1.82) is 0 Å². The van der Waals surface area contributed by atoms with E-state index in [9.17, 15) is 8.78 Å². The maximum atomic E-state index is 13.1. The molecule has 0 saturated heterocycles. The number of nitrogens with zero attached hydrogens (tertiary/aromatic N) is 1. The lowest BCUT2D eigenvalue weighted by molar-refractivity contribution is 0.280. The average molecular weight is 273 g/mol. The SMILES string of the molecule is Fc1ccc(CCCN2Cc3ccc(F)cc3C2)cc1. The molecule has 0 unspecified atom stereocenters. The molecule has 0 bridgehead atoms. The van der Waals surface area contributed by atoms with E-state index in [-0.39, 0.29) is 11.6 Å². The summed E-state index contributed by atoms with van der Waals surface area (Å²) in [5, 5.41) is 0. The maximum Gasteiger partial charge on any atom is 0.123 e. The fraction of sp³-hybridized carbons (Fsp3) is 0.294. The summed E-state index contributed by atoms with van der Waals surface area (Å²) in [6.07, 6.45) is 1.98. The summed E-state index contributed by atoms with van der Waals surface area (Å²) in [7, 11) is 0. The topological polar surface area (TPSA) is 3.24 Å². The molecule has 0 N–H and O–H groups in total. The highest BCUT2D eigenvalue weighted by molar-refractivity contribution is 5.31. The van der Waals surface area contributed by atoms with Crippen molar-refractivity contribution in [2.24, 2.45) is 0 Å². The Balaban J connectivity index is 1.50. The van der Waals surface area contributed by atoms with Gasteiger partial charge in [0.15, 0.2) is 0 Å². The molecule has 0 atom stereocenters. The minimum absolute atomic E-state index is 0.156. The van der Waals surface area contributed by atoms with Crippen LogP contribution in [0.2, 0.25) is 0 Å². The Morgan fingerprint density at radius 1 is 0.850 bits per heavy atom. The van der Waals surface area contributed by atoms with Crippen LogP contribution in [-0.2, 0) is 19.5 Å². The minimum atomic E-state index is -0.189. The van der Waals surface area contributed by atoms with Crippen molar-refractivity contribution in [3.8, 4) is 0 Å². The predicted molar refractivity (Wildman–Crippen MR) is 75.2 cm³/mol. The Kier molecular flexibility index (Phi) is 3.79.